The number of H-pyrrole nitrogens is 1. The van der Waals surface area contributed by atoms with Crippen molar-refractivity contribution in [1.82, 2.24) is 10.3 Å². The van der Waals surface area contributed by atoms with Gasteiger partial charge in [0.1, 0.15) is 11.7 Å². The molecule has 3 N–H and O–H groups in total. The van der Waals surface area contributed by atoms with Crippen LogP contribution in [0.1, 0.15) is 29.9 Å². The van der Waals surface area contributed by atoms with Crippen molar-refractivity contribution in [1.29, 1.82) is 0 Å². The monoisotopic (exact) mass is 274 g/mol. The Morgan fingerprint density at radius 1 is 1.25 bits per heavy atom. The molecule has 2 rings (SSSR count). The molecule has 106 valence electrons. The minimum Gasteiger partial charge on any atom is -0.480 e. The topological polar surface area (TPSA) is 82.2 Å². The number of carbonyl (C=O) groups is 2. The van der Waals surface area contributed by atoms with Gasteiger partial charge in [-0.2, -0.15) is 0 Å². The molecule has 2 aromatic rings. The van der Waals surface area contributed by atoms with Crippen LogP contribution in [0.15, 0.2) is 24.3 Å². The Hall–Kier alpha value is -2.30. The van der Waals surface area contributed by atoms with E-state index < -0.39 is 17.9 Å². The summed E-state index contributed by atoms with van der Waals surface area (Å²) in [5, 5.41) is 12.6. The summed E-state index contributed by atoms with van der Waals surface area (Å²) in [5.74, 6) is -1.61. The fourth-order valence-electron chi connectivity index (χ4n) is 2.10. The summed E-state index contributed by atoms with van der Waals surface area (Å²) in [6.45, 7) is 5.49. The lowest BCUT2D eigenvalue weighted by Crippen LogP contribution is -2.44. The Morgan fingerprint density at radius 3 is 2.55 bits per heavy atom. The average Bonchev–Trinajstić information content (AvgIpc) is 2.77. The normalized spacial score (nSPS) is 12.6. The van der Waals surface area contributed by atoms with Crippen LogP contribution in [-0.4, -0.2) is 28.0 Å². The number of rotatable bonds is 4. The Balaban J connectivity index is 2.25. The zero-order chi connectivity index (χ0) is 14.9. The Kier molecular flexibility index (Phi) is 3.79. The lowest BCUT2D eigenvalue weighted by Gasteiger charge is -2.17. The fraction of sp³-hybridized carbons (Fsp3) is 0.333. The highest BCUT2D eigenvalue weighted by atomic mass is 16.4. The maximum Gasteiger partial charge on any atom is 0.326 e. The van der Waals surface area contributed by atoms with Crippen LogP contribution in [0, 0.1) is 12.8 Å². The molecule has 1 aromatic carbocycles. The summed E-state index contributed by atoms with van der Waals surface area (Å²) in [4.78, 5) is 26.2. The number of hydrogen-bond acceptors (Lipinski definition) is 2. The van der Waals surface area contributed by atoms with E-state index in [0.717, 1.165) is 16.5 Å². The van der Waals surface area contributed by atoms with Crippen LogP contribution >= 0.6 is 0 Å². The number of hydrogen-bond donors (Lipinski definition) is 3. The molecule has 1 amide bonds. The minimum atomic E-state index is -1.03. The van der Waals surface area contributed by atoms with Crippen molar-refractivity contribution in [3.05, 3.63) is 35.5 Å². The van der Waals surface area contributed by atoms with Crippen molar-refractivity contribution in [3.63, 3.8) is 0 Å². The second-order valence-corrected chi connectivity index (χ2v) is 5.31. The van der Waals surface area contributed by atoms with Crippen molar-refractivity contribution < 1.29 is 14.7 Å². The predicted molar refractivity (Wildman–Crippen MR) is 76.8 cm³/mol. The highest BCUT2D eigenvalue weighted by molar-refractivity contribution is 5.99. The standard InChI is InChI=1S/C15H18N2O3/c1-8(2)13(15(19)20)17-14(18)12-7-10-5-4-9(3)6-11(10)16-12/h4-8,13,16H,1-3H3,(H,17,18)(H,19,20). The van der Waals surface area contributed by atoms with Gasteiger partial charge in [-0.15, -0.1) is 0 Å². The Morgan fingerprint density at radius 2 is 1.95 bits per heavy atom. The van der Waals surface area contributed by atoms with Crippen molar-refractivity contribution in [2.24, 2.45) is 5.92 Å². The van der Waals surface area contributed by atoms with Crippen LogP contribution in [0.5, 0.6) is 0 Å². The summed E-state index contributed by atoms with van der Waals surface area (Å²) in [5.41, 5.74) is 2.33. The third-order valence-electron chi connectivity index (χ3n) is 3.24. The van der Waals surface area contributed by atoms with Crippen molar-refractivity contribution in [2.45, 2.75) is 26.8 Å². The van der Waals surface area contributed by atoms with Crippen molar-refractivity contribution in [2.75, 3.05) is 0 Å². The van der Waals surface area contributed by atoms with E-state index in [1.807, 2.05) is 25.1 Å². The molecule has 0 aliphatic heterocycles. The third-order valence-corrected chi connectivity index (χ3v) is 3.24. The van der Waals surface area contributed by atoms with E-state index in [1.54, 1.807) is 19.9 Å². The van der Waals surface area contributed by atoms with Gasteiger partial charge in [-0.05, 0) is 30.5 Å². The summed E-state index contributed by atoms with van der Waals surface area (Å²) in [7, 11) is 0. The first-order valence-corrected chi connectivity index (χ1v) is 6.51. The maximum atomic E-state index is 12.1. The molecule has 5 heteroatoms. The van der Waals surface area contributed by atoms with Crippen LogP contribution < -0.4 is 5.32 Å². The van der Waals surface area contributed by atoms with E-state index in [-0.39, 0.29) is 5.92 Å². The molecule has 1 atom stereocenters. The van der Waals surface area contributed by atoms with Crippen LogP contribution in [-0.2, 0) is 4.79 Å². The van der Waals surface area contributed by atoms with Gasteiger partial charge in [0.05, 0.1) is 0 Å². The molecule has 1 unspecified atom stereocenters. The quantitative estimate of drug-likeness (QED) is 0.800. The second-order valence-electron chi connectivity index (χ2n) is 5.31. The fourth-order valence-corrected chi connectivity index (χ4v) is 2.10. The first-order chi connectivity index (χ1) is 9.38. The largest absolute Gasteiger partial charge is 0.480 e. The number of carbonyl (C=O) groups excluding carboxylic acids is 1. The van der Waals surface area contributed by atoms with Gasteiger partial charge in [-0.1, -0.05) is 26.0 Å². The lowest BCUT2D eigenvalue weighted by molar-refractivity contribution is -0.140. The average molecular weight is 274 g/mol. The van der Waals surface area contributed by atoms with E-state index >= 15 is 0 Å². The van der Waals surface area contributed by atoms with Gasteiger partial charge in [0.2, 0.25) is 0 Å². The first-order valence-electron chi connectivity index (χ1n) is 6.51. The molecule has 0 aliphatic rings. The molecule has 0 spiro atoms. The molecule has 1 heterocycles. The van der Waals surface area contributed by atoms with Crippen LogP contribution in [0.2, 0.25) is 0 Å². The second kappa shape index (κ2) is 5.36. The van der Waals surface area contributed by atoms with Gasteiger partial charge < -0.3 is 15.4 Å². The molecular formula is C15H18N2O3. The molecular weight excluding hydrogens is 256 g/mol. The summed E-state index contributed by atoms with van der Waals surface area (Å²) in [6.07, 6.45) is 0. The van der Waals surface area contributed by atoms with Crippen molar-refractivity contribution >= 4 is 22.8 Å². The van der Waals surface area contributed by atoms with Gasteiger partial charge in [0.25, 0.3) is 5.91 Å². The number of aryl methyl sites for hydroxylation is 1. The number of aromatic amines is 1. The highest BCUT2D eigenvalue weighted by Gasteiger charge is 2.24. The SMILES string of the molecule is Cc1ccc2cc(C(=O)NC(C(=O)O)C(C)C)[nH]c2c1. The van der Waals surface area contributed by atoms with Gasteiger partial charge in [0, 0.05) is 10.9 Å². The molecule has 0 fully saturated rings. The van der Waals surface area contributed by atoms with Gasteiger partial charge >= 0.3 is 5.97 Å². The van der Waals surface area contributed by atoms with Crippen LogP contribution in [0.4, 0.5) is 0 Å². The number of amides is 1. The molecule has 0 radical (unpaired) electrons. The smallest absolute Gasteiger partial charge is 0.326 e. The molecule has 1 aromatic heterocycles. The lowest BCUT2D eigenvalue weighted by atomic mass is 10.0. The van der Waals surface area contributed by atoms with E-state index in [4.69, 9.17) is 5.11 Å². The minimum absolute atomic E-state index is 0.178. The maximum absolute atomic E-state index is 12.1. The number of aliphatic carboxylic acids is 1. The molecule has 0 saturated carbocycles. The van der Waals surface area contributed by atoms with Crippen molar-refractivity contribution in [3.8, 4) is 0 Å². The number of aromatic nitrogens is 1. The number of benzene rings is 1. The van der Waals surface area contributed by atoms with Gasteiger partial charge in [-0.3, -0.25) is 4.79 Å². The summed E-state index contributed by atoms with van der Waals surface area (Å²) >= 11 is 0. The zero-order valence-electron chi connectivity index (χ0n) is 11.7. The first kappa shape index (κ1) is 14.1. The molecule has 20 heavy (non-hydrogen) atoms. The van der Waals surface area contributed by atoms with E-state index in [0.29, 0.717) is 5.69 Å². The predicted octanol–water partition coefficient (Wildman–Crippen LogP) is 2.32. The number of nitrogens with one attached hydrogen (secondary N) is 2. The molecule has 0 saturated heterocycles. The zero-order valence-corrected chi connectivity index (χ0v) is 11.7. The molecule has 5 nitrogen and oxygen atoms in total. The summed E-state index contributed by atoms with van der Waals surface area (Å²) in [6, 6.07) is 6.67. The van der Waals surface area contributed by atoms with E-state index in [9.17, 15) is 9.59 Å². The Labute approximate surface area is 117 Å². The highest BCUT2D eigenvalue weighted by Crippen LogP contribution is 2.17. The number of carboxylic acid groups (broad SMARTS) is 1. The third kappa shape index (κ3) is 2.82. The van der Waals surface area contributed by atoms with Gasteiger partial charge in [-0.25, -0.2) is 4.79 Å². The Bertz CT molecular complexity index is 658. The van der Waals surface area contributed by atoms with E-state index in [2.05, 4.69) is 10.3 Å². The number of fused-ring (bicyclic) bond motifs is 1. The molecule has 0 bridgehead atoms. The van der Waals surface area contributed by atoms with Crippen LogP contribution in [0.25, 0.3) is 10.9 Å². The van der Waals surface area contributed by atoms with E-state index in [1.165, 1.54) is 0 Å². The summed E-state index contributed by atoms with van der Waals surface area (Å²) < 4.78 is 0. The molecule has 0 aliphatic carbocycles. The van der Waals surface area contributed by atoms with Gasteiger partial charge in [0.15, 0.2) is 0 Å². The number of carboxylic acids is 1. The van der Waals surface area contributed by atoms with Crippen LogP contribution in [0.3, 0.4) is 0 Å².